The number of hydrazine groups is 1. The molecule has 0 spiro atoms. The van der Waals surface area contributed by atoms with Crippen molar-refractivity contribution >= 4 is 23.2 Å². The van der Waals surface area contributed by atoms with Crippen LogP contribution in [0.5, 0.6) is 0 Å². The van der Waals surface area contributed by atoms with E-state index >= 15 is 0 Å². The van der Waals surface area contributed by atoms with Gasteiger partial charge in [-0.15, -0.1) is 11.3 Å². The fraction of sp³-hybridized carbons (Fsp3) is 0.167. The molecule has 0 saturated carbocycles. The molecular formula is C18H17N3O3S. The van der Waals surface area contributed by atoms with Crippen LogP contribution in [0, 0.1) is 20.8 Å². The molecule has 0 bridgehead atoms. The van der Waals surface area contributed by atoms with Crippen LogP contribution >= 0.6 is 11.3 Å². The van der Waals surface area contributed by atoms with Crippen molar-refractivity contribution in [1.82, 2.24) is 15.8 Å². The minimum atomic E-state index is -0.426. The summed E-state index contributed by atoms with van der Waals surface area (Å²) in [5.74, 6) is 0.308. The predicted molar refractivity (Wildman–Crippen MR) is 95.4 cm³/mol. The quantitative estimate of drug-likeness (QED) is 0.705. The standard InChI is InChI=1S/C18H17N3O3S/c1-10-9-14(11(2)24-10)17(22)20-21-18(23)16-15(19-12(3)25-16)13-7-5-4-6-8-13/h4-9H,1-3H3,(H,20,22)(H,21,23). The number of aryl methyl sites for hydroxylation is 3. The second-order valence-corrected chi connectivity index (χ2v) is 6.71. The van der Waals surface area contributed by atoms with Crippen molar-refractivity contribution in [2.75, 3.05) is 0 Å². The van der Waals surface area contributed by atoms with E-state index in [-0.39, 0.29) is 0 Å². The van der Waals surface area contributed by atoms with E-state index in [9.17, 15) is 9.59 Å². The third-order valence-corrected chi connectivity index (χ3v) is 4.53. The molecule has 2 aromatic heterocycles. The van der Waals surface area contributed by atoms with Crippen molar-refractivity contribution in [3.05, 3.63) is 63.4 Å². The van der Waals surface area contributed by atoms with Gasteiger partial charge >= 0.3 is 0 Å². The summed E-state index contributed by atoms with van der Waals surface area (Å²) in [6.07, 6.45) is 0. The number of hydrogen-bond acceptors (Lipinski definition) is 5. The first-order valence-corrected chi connectivity index (χ1v) is 8.48. The SMILES string of the molecule is Cc1cc(C(=O)NNC(=O)c2sc(C)nc2-c2ccccc2)c(C)o1. The maximum Gasteiger partial charge on any atom is 0.282 e. The van der Waals surface area contributed by atoms with E-state index in [0.29, 0.717) is 27.7 Å². The van der Waals surface area contributed by atoms with Gasteiger partial charge in [-0.1, -0.05) is 30.3 Å². The van der Waals surface area contributed by atoms with Gasteiger partial charge in [-0.05, 0) is 26.8 Å². The van der Waals surface area contributed by atoms with E-state index in [4.69, 9.17) is 4.42 Å². The second kappa shape index (κ2) is 6.90. The van der Waals surface area contributed by atoms with Crippen molar-refractivity contribution < 1.29 is 14.0 Å². The third-order valence-electron chi connectivity index (χ3n) is 3.56. The van der Waals surface area contributed by atoms with Gasteiger partial charge in [0.15, 0.2) is 0 Å². The highest BCUT2D eigenvalue weighted by Gasteiger charge is 2.20. The van der Waals surface area contributed by atoms with E-state index < -0.39 is 11.8 Å². The van der Waals surface area contributed by atoms with E-state index in [1.54, 1.807) is 19.9 Å². The highest BCUT2D eigenvalue weighted by atomic mass is 32.1. The topological polar surface area (TPSA) is 84.2 Å². The molecule has 0 fully saturated rings. The van der Waals surface area contributed by atoms with Crippen LogP contribution in [-0.4, -0.2) is 16.8 Å². The van der Waals surface area contributed by atoms with Crippen LogP contribution in [0.15, 0.2) is 40.8 Å². The van der Waals surface area contributed by atoms with Crippen molar-refractivity contribution in [3.63, 3.8) is 0 Å². The molecular weight excluding hydrogens is 338 g/mol. The molecule has 1 aromatic carbocycles. The van der Waals surface area contributed by atoms with Gasteiger partial charge in [-0.25, -0.2) is 4.98 Å². The number of carbonyl (C=O) groups is 2. The van der Waals surface area contributed by atoms with Gasteiger partial charge < -0.3 is 4.42 Å². The number of carbonyl (C=O) groups excluding carboxylic acids is 2. The smallest absolute Gasteiger partial charge is 0.282 e. The second-order valence-electron chi connectivity index (χ2n) is 5.51. The lowest BCUT2D eigenvalue weighted by Gasteiger charge is -2.07. The lowest BCUT2D eigenvalue weighted by Crippen LogP contribution is -2.41. The minimum absolute atomic E-state index is 0.390. The number of thiazole rings is 1. The van der Waals surface area contributed by atoms with Crippen molar-refractivity contribution in [2.24, 2.45) is 0 Å². The molecule has 2 N–H and O–H groups in total. The van der Waals surface area contributed by atoms with Gasteiger partial charge in [-0.3, -0.25) is 20.4 Å². The van der Waals surface area contributed by atoms with Crippen LogP contribution in [0.1, 0.15) is 36.6 Å². The van der Waals surface area contributed by atoms with Gasteiger partial charge in [0, 0.05) is 5.56 Å². The Labute approximate surface area is 148 Å². The third kappa shape index (κ3) is 3.61. The number of aromatic nitrogens is 1. The average Bonchev–Trinajstić information content (AvgIpc) is 3.15. The molecule has 3 rings (SSSR count). The zero-order valence-corrected chi connectivity index (χ0v) is 14.9. The molecule has 128 valence electrons. The monoisotopic (exact) mass is 355 g/mol. The summed E-state index contributed by atoms with van der Waals surface area (Å²) >= 11 is 1.28. The van der Waals surface area contributed by atoms with Gasteiger partial charge in [0.2, 0.25) is 0 Å². The molecule has 0 aliphatic heterocycles. The lowest BCUT2D eigenvalue weighted by atomic mass is 10.1. The van der Waals surface area contributed by atoms with Crippen molar-refractivity contribution in [1.29, 1.82) is 0 Å². The summed E-state index contributed by atoms with van der Waals surface area (Å²) < 4.78 is 5.33. The Balaban J connectivity index is 1.76. The Bertz CT molecular complexity index is 928. The normalized spacial score (nSPS) is 10.5. The molecule has 6 nitrogen and oxygen atoms in total. The van der Waals surface area contributed by atoms with Crippen LogP contribution < -0.4 is 10.9 Å². The molecule has 2 amide bonds. The highest BCUT2D eigenvalue weighted by molar-refractivity contribution is 7.14. The van der Waals surface area contributed by atoms with E-state index in [0.717, 1.165) is 10.6 Å². The van der Waals surface area contributed by atoms with E-state index in [1.165, 1.54) is 11.3 Å². The summed E-state index contributed by atoms with van der Waals surface area (Å²) in [5, 5.41) is 0.775. The fourth-order valence-electron chi connectivity index (χ4n) is 2.47. The average molecular weight is 355 g/mol. The van der Waals surface area contributed by atoms with Gasteiger partial charge in [0.05, 0.1) is 16.3 Å². The maximum atomic E-state index is 12.5. The summed E-state index contributed by atoms with van der Waals surface area (Å²) in [6, 6.07) is 11.1. The van der Waals surface area contributed by atoms with Gasteiger partial charge in [-0.2, -0.15) is 0 Å². The molecule has 7 heteroatoms. The van der Waals surface area contributed by atoms with Crippen LogP contribution in [0.25, 0.3) is 11.3 Å². The number of furan rings is 1. The molecule has 25 heavy (non-hydrogen) atoms. The molecule has 0 aliphatic carbocycles. The minimum Gasteiger partial charge on any atom is -0.466 e. The first kappa shape index (κ1) is 16.9. The number of nitrogens with one attached hydrogen (secondary N) is 2. The van der Waals surface area contributed by atoms with E-state index in [1.807, 2.05) is 37.3 Å². The molecule has 0 unspecified atom stereocenters. The van der Waals surface area contributed by atoms with Crippen LogP contribution in [0.4, 0.5) is 0 Å². The Morgan fingerprint density at radius 1 is 1.04 bits per heavy atom. The number of rotatable bonds is 3. The van der Waals surface area contributed by atoms with Crippen LogP contribution in [-0.2, 0) is 0 Å². The summed E-state index contributed by atoms with van der Waals surface area (Å²) in [4.78, 5) is 29.6. The summed E-state index contributed by atoms with van der Waals surface area (Å²) in [7, 11) is 0. The molecule has 0 aliphatic rings. The molecule has 3 aromatic rings. The largest absolute Gasteiger partial charge is 0.466 e. The maximum absolute atomic E-state index is 12.5. The van der Waals surface area contributed by atoms with Gasteiger partial charge in [0.1, 0.15) is 16.4 Å². The van der Waals surface area contributed by atoms with Crippen molar-refractivity contribution in [2.45, 2.75) is 20.8 Å². The number of nitrogens with zero attached hydrogens (tertiary/aromatic N) is 1. The van der Waals surface area contributed by atoms with E-state index in [2.05, 4.69) is 15.8 Å². The van der Waals surface area contributed by atoms with Crippen LogP contribution in [0.3, 0.4) is 0 Å². The van der Waals surface area contributed by atoms with Crippen LogP contribution in [0.2, 0.25) is 0 Å². The Morgan fingerprint density at radius 3 is 2.36 bits per heavy atom. The molecule has 0 radical (unpaired) electrons. The molecule has 2 heterocycles. The van der Waals surface area contributed by atoms with Gasteiger partial charge in [0.25, 0.3) is 11.8 Å². The number of hydrogen-bond donors (Lipinski definition) is 2. The zero-order chi connectivity index (χ0) is 18.0. The summed E-state index contributed by atoms with van der Waals surface area (Å²) in [6.45, 7) is 5.29. The zero-order valence-electron chi connectivity index (χ0n) is 14.0. The van der Waals surface area contributed by atoms with Crippen molar-refractivity contribution in [3.8, 4) is 11.3 Å². The Kier molecular flexibility index (Phi) is 4.67. The molecule has 0 saturated heterocycles. The number of benzene rings is 1. The number of amides is 2. The molecule has 0 atom stereocenters. The Hall–Kier alpha value is -2.93. The Morgan fingerprint density at radius 2 is 1.72 bits per heavy atom. The highest BCUT2D eigenvalue weighted by Crippen LogP contribution is 2.27. The fourth-order valence-corrected chi connectivity index (χ4v) is 3.30. The first-order valence-electron chi connectivity index (χ1n) is 7.66. The lowest BCUT2D eigenvalue weighted by molar-refractivity contribution is 0.0848. The first-order chi connectivity index (χ1) is 12.0. The summed E-state index contributed by atoms with van der Waals surface area (Å²) in [5.41, 5.74) is 6.71. The predicted octanol–water partition coefficient (Wildman–Crippen LogP) is 3.40.